The van der Waals surface area contributed by atoms with E-state index in [0.29, 0.717) is 24.5 Å². The number of nitrogens with zero attached hydrogens (tertiary/aromatic N) is 1. The second-order valence-corrected chi connectivity index (χ2v) is 7.79. The van der Waals surface area contributed by atoms with Crippen molar-refractivity contribution >= 4 is 21.4 Å². The van der Waals surface area contributed by atoms with E-state index in [1.165, 1.54) is 4.88 Å². The SMILES string of the molecule is CNCc1cc(S(=O)(=O)N2CCc3sccc3C2)c[nH]1. The molecule has 0 aromatic carbocycles. The van der Waals surface area contributed by atoms with Gasteiger partial charge in [0.1, 0.15) is 0 Å². The van der Waals surface area contributed by atoms with Crippen molar-refractivity contribution < 1.29 is 8.42 Å². The van der Waals surface area contributed by atoms with Crippen LogP contribution in [0.2, 0.25) is 0 Å². The van der Waals surface area contributed by atoms with Crippen molar-refractivity contribution in [2.75, 3.05) is 13.6 Å². The van der Waals surface area contributed by atoms with Crippen molar-refractivity contribution in [2.45, 2.75) is 24.4 Å². The Balaban J connectivity index is 1.85. The van der Waals surface area contributed by atoms with Crippen LogP contribution in [-0.2, 0) is 29.5 Å². The van der Waals surface area contributed by atoms with Gasteiger partial charge in [-0.15, -0.1) is 11.3 Å². The van der Waals surface area contributed by atoms with Crippen LogP contribution >= 0.6 is 11.3 Å². The molecule has 1 aliphatic heterocycles. The van der Waals surface area contributed by atoms with Gasteiger partial charge in [0, 0.05) is 36.4 Å². The topological polar surface area (TPSA) is 65.2 Å². The van der Waals surface area contributed by atoms with Crippen LogP contribution in [0.3, 0.4) is 0 Å². The highest BCUT2D eigenvalue weighted by atomic mass is 32.2. The van der Waals surface area contributed by atoms with Gasteiger partial charge in [0.05, 0.1) is 4.90 Å². The monoisotopic (exact) mass is 311 g/mol. The quantitative estimate of drug-likeness (QED) is 0.900. The van der Waals surface area contributed by atoms with E-state index in [1.54, 1.807) is 27.9 Å². The second kappa shape index (κ2) is 5.33. The number of aromatic amines is 1. The molecule has 2 N–H and O–H groups in total. The number of H-pyrrole nitrogens is 1. The number of hydrogen-bond acceptors (Lipinski definition) is 4. The Morgan fingerprint density at radius 2 is 2.35 bits per heavy atom. The van der Waals surface area contributed by atoms with E-state index < -0.39 is 10.0 Å². The molecular formula is C13H17N3O2S2. The molecule has 0 amide bonds. The average molecular weight is 311 g/mol. The zero-order valence-corrected chi connectivity index (χ0v) is 12.9. The number of sulfonamides is 1. The molecule has 7 heteroatoms. The first kappa shape index (κ1) is 13.8. The van der Waals surface area contributed by atoms with E-state index in [1.807, 2.05) is 18.5 Å². The zero-order chi connectivity index (χ0) is 14.2. The summed E-state index contributed by atoms with van der Waals surface area (Å²) < 4.78 is 26.8. The van der Waals surface area contributed by atoms with Gasteiger partial charge in [-0.1, -0.05) is 0 Å². The minimum Gasteiger partial charge on any atom is -0.363 e. The maximum absolute atomic E-state index is 12.6. The lowest BCUT2D eigenvalue weighted by molar-refractivity contribution is 0.394. The van der Waals surface area contributed by atoms with Gasteiger partial charge in [0.15, 0.2) is 0 Å². The van der Waals surface area contributed by atoms with Crippen molar-refractivity contribution in [2.24, 2.45) is 0 Å². The minimum absolute atomic E-state index is 0.349. The fourth-order valence-electron chi connectivity index (χ4n) is 2.44. The van der Waals surface area contributed by atoms with Crippen LogP contribution < -0.4 is 5.32 Å². The van der Waals surface area contributed by atoms with Gasteiger partial charge in [-0.2, -0.15) is 4.31 Å². The predicted molar refractivity (Wildman–Crippen MR) is 79.2 cm³/mol. The molecule has 3 rings (SSSR count). The lowest BCUT2D eigenvalue weighted by Gasteiger charge is -2.25. The summed E-state index contributed by atoms with van der Waals surface area (Å²) in [5, 5.41) is 5.03. The fourth-order valence-corrected chi connectivity index (χ4v) is 4.76. The zero-order valence-electron chi connectivity index (χ0n) is 11.2. The maximum atomic E-state index is 12.6. The molecular weight excluding hydrogens is 294 g/mol. The highest BCUT2D eigenvalue weighted by Gasteiger charge is 2.29. The molecule has 0 unspecified atom stereocenters. The molecule has 0 spiro atoms. The number of fused-ring (bicyclic) bond motifs is 1. The molecule has 3 heterocycles. The summed E-state index contributed by atoms with van der Waals surface area (Å²) in [7, 11) is -1.57. The van der Waals surface area contributed by atoms with E-state index in [-0.39, 0.29) is 0 Å². The maximum Gasteiger partial charge on any atom is 0.244 e. The van der Waals surface area contributed by atoms with Crippen molar-refractivity contribution in [3.63, 3.8) is 0 Å². The molecule has 108 valence electrons. The highest BCUT2D eigenvalue weighted by molar-refractivity contribution is 7.89. The molecule has 0 atom stereocenters. The molecule has 5 nitrogen and oxygen atoms in total. The summed E-state index contributed by atoms with van der Waals surface area (Å²) in [6, 6.07) is 3.72. The Hall–Kier alpha value is -1.15. The normalized spacial score (nSPS) is 16.2. The molecule has 2 aromatic rings. The Labute approximate surface area is 122 Å². The van der Waals surface area contributed by atoms with Crippen molar-refractivity contribution in [3.05, 3.63) is 39.8 Å². The van der Waals surface area contributed by atoms with E-state index in [2.05, 4.69) is 10.3 Å². The van der Waals surface area contributed by atoms with E-state index >= 15 is 0 Å². The summed E-state index contributed by atoms with van der Waals surface area (Å²) in [5.41, 5.74) is 2.01. The third-order valence-electron chi connectivity index (χ3n) is 3.49. The van der Waals surface area contributed by atoms with Crippen LogP contribution in [0.25, 0.3) is 0 Å². The highest BCUT2D eigenvalue weighted by Crippen LogP contribution is 2.28. The Kier molecular flexibility index (Phi) is 3.68. The molecule has 0 saturated carbocycles. The van der Waals surface area contributed by atoms with E-state index in [0.717, 1.165) is 17.7 Å². The number of aromatic nitrogens is 1. The molecule has 2 aromatic heterocycles. The average Bonchev–Trinajstić information content (AvgIpc) is 3.06. The van der Waals surface area contributed by atoms with Gasteiger partial charge in [0.25, 0.3) is 0 Å². The summed E-state index contributed by atoms with van der Waals surface area (Å²) in [6.07, 6.45) is 2.38. The molecule has 0 radical (unpaired) electrons. The second-order valence-electron chi connectivity index (χ2n) is 4.85. The predicted octanol–water partition coefficient (Wildman–Crippen LogP) is 1.54. The largest absolute Gasteiger partial charge is 0.363 e. The van der Waals surface area contributed by atoms with E-state index in [4.69, 9.17) is 0 Å². The Morgan fingerprint density at radius 1 is 1.50 bits per heavy atom. The van der Waals surface area contributed by atoms with E-state index in [9.17, 15) is 8.42 Å². The molecule has 0 aliphatic carbocycles. The molecule has 1 aliphatic rings. The molecule has 0 saturated heterocycles. The molecule has 20 heavy (non-hydrogen) atoms. The lowest BCUT2D eigenvalue weighted by Crippen LogP contribution is -2.35. The van der Waals surface area contributed by atoms with Gasteiger partial charge in [-0.3, -0.25) is 0 Å². The van der Waals surface area contributed by atoms with Gasteiger partial charge in [0.2, 0.25) is 10.0 Å². The summed E-state index contributed by atoms with van der Waals surface area (Å²) in [5.74, 6) is 0. The third-order valence-corrected chi connectivity index (χ3v) is 6.34. The lowest BCUT2D eigenvalue weighted by atomic mass is 10.1. The summed E-state index contributed by atoms with van der Waals surface area (Å²) in [6.45, 7) is 1.67. The van der Waals surface area contributed by atoms with Gasteiger partial charge in [-0.05, 0) is 36.5 Å². The molecule has 0 bridgehead atoms. The first-order valence-corrected chi connectivity index (χ1v) is 8.80. The van der Waals surface area contributed by atoms with Gasteiger partial charge < -0.3 is 10.3 Å². The summed E-state index contributed by atoms with van der Waals surface area (Å²) in [4.78, 5) is 4.66. The first-order valence-electron chi connectivity index (χ1n) is 6.48. The van der Waals surface area contributed by atoms with Crippen LogP contribution in [0.1, 0.15) is 16.1 Å². The van der Waals surface area contributed by atoms with Crippen molar-refractivity contribution in [3.8, 4) is 0 Å². The van der Waals surface area contributed by atoms with Crippen molar-refractivity contribution in [1.82, 2.24) is 14.6 Å². The summed E-state index contributed by atoms with van der Waals surface area (Å²) >= 11 is 1.71. The van der Waals surface area contributed by atoms with Gasteiger partial charge in [-0.25, -0.2) is 8.42 Å². The molecule has 0 fully saturated rings. The van der Waals surface area contributed by atoms with Crippen molar-refractivity contribution in [1.29, 1.82) is 0 Å². The number of thiophene rings is 1. The van der Waals surface area contributed by atoms with Crippen LogP contribution in [0, 0.1) is 0 Å². The number of hydrogen-bond donors (Lipinski definition) is 2. The Morgan fingerprint density at radius 3 is 3.15 bits per heavy atom. The fraction of sp³-hybridized carbons (Fsp3) is 0.385. The number of nitrogens with one attached hydrogen (secondary N) is 2. The number of rotatable bonds is 4. The minimum atomic E-state index is -3.40. The van der Waals surface area contributed by atoms with Crippen LogP contribution in [0.5, 0.6) is 0 Å². The van der Waals surface area contributed by atoms with Crippen LogP contribution in [0.4, 0.5) is 0 Å². The third kappa shape index (κ3) is 2.42. The van der Waals surface area contributed by atoms with Crippen LogP contribution in [0.15, 0.2) is 28.6 Å². The van der Waals surface area contributed by atoms with Crippen LogP contribution in [-0.4, -0.2) is 31.3 Å². The standard InChI is InChI=1S/C13H17N3O2S2/c1-14-7-11-6-12(8-15-11)20(17,18)16-4-2-13-10(9-16)3-5-19-13/h3,5-6,8,14-15H,2,4,7,9H2,1H3. The first-order chi connectivity index (χ1) is 9.61. The smallest absolute Gasteiger partial charge is 0.244 e. The Bertz CT molecular complexity index is 703. The van der Waals surface area contributed by atoms with Gasteiger partial charge >= 0.3 is 0 Å².